The molecule has 0 saturated heterocycles. The standard InChI is InChI=1S/C23H18ClN7O2/c24-19-11-9-18(10-12-19)23(33)26-20-8-4-5-16(13-20)14-25-27-21(32)15-31-29-22(28-30-31)17-6-2-1-3-7-17/h1-14H,15H2,(H,26,33)(H,27,32). The van der Waals surface area contributed by atoms with E-state index in [0.717, 1.165) is 5.56 Å². The van der Waals surface area contributed by atoms with E-state index in [9.17, 15) is 9.59 Å². The van der Waals surface area contributed by atoms with Crippen molar-refractivity contribution in [1.29, 1.82) is 0 Å². The quantitative estimate of drug-likeness (QED) is 0.325. The number of carbonyl (C=O) groups excluding carboxylic acids is 2. The summed E-state index contributed by atoms with van der Waals surface area (Å²) in [4.78, 5) is 25.7. The highest BCUT2D eigenvalue weighted by Crippen LogP contribution is 2.14. The third-order valence-corrected chi connectivity index (χ3v) is 4.68. The number of hydrazone groups is 1. The molecule has 9 nitrogen and oxygen atoms in total. The fourth-order valence-electron chi connectivity index (χ4n) is 2.86. The van der Waals surface area contributed by atoms with Gasteiger partial charge in [-0.05, 0) is 47.2 Å². The predicted molar refractivity (Wildman–Crippen MR) is 125 cm³/mol. The number of hydrogen-bond acceptors (Lipinski definition) is 6. The number of benzene rings is 3. The summed E-state index contributed by atoms with van der Waals surface area (Å²) in [6, 6.07) is 23.0. The molecule has 1 heterocycles. The Kier molecular flexibility index (Phi) is 6.81. The molecule has 0 aliphatic rings. The van der Waals surface area contributed by atoms with Crippen molar-refractivity contribution in [2.45, 2.75) is 6.54 Å². The SMILES string of the molecule is O=C(Cn1nnc(-c2ccccc2)n1)NN=Cc1cccc(NC(=O)c2ccc(Cl)cc2)c1. The Balaban J connectivity index is 1.31. The number of amides is 2. The van der Waals surface area contributed by atoms with Crippen molar-refractivity contribution < 1.29 is 9.59 Å². The lowest BCUT2D eigenvalue weighted by Crippen LogP contribution is -2.24. The molecule has 0 spiro atoms. The highest BCUT2D eigenvalue weighted by molar-refractivity contribution is 6.30. The van der Waals surface area contributed by atoms with Gasteiger partial charge in [-0.1, -0.05) is 54.1 Å². The van der Waals surface area contributed by atoms with E-state index >= 15 is 0 Å². The summed E-state index contributed by atoms with van der Waals surface area (Å²) < 4.78 is 0. The van der Waals surface area contributed by atoms with E-state index in [1.807, 2.05) is 30.3 Å². The molecule has 1 aromatic heterocycles. The Morgan fingerprint density at radius 3 is 2.58 bits per heavy atom. The zero-order valence-corrected chi connectivity index (χ0v) is 18.0. The number of halogens is 1. The van der Waals surface area contributed by atoms with Crippen LogP contribution < -0.4 is 10.7 Å². The number of tetrazole rings is 1. The van der Waals surface area contributed by atoms with Gasteiger partial charge >= 0.3 is 0 Å². The van der Waals surface area contributed by atoms with Gasteiger partial charge in [0.2, 0.25) is 5.82 Å². The first-order valence-corrected chi connectivity index (χ1v) is 10.3. The zero-order valence-electron chi connectivity index (χ0n) is 17.2. The van der Waals surface area contributed by atoms with Crippen LogP contribution in [0.1, 0.15) is 15.9 Å². The Bertz CT molecular complexity index is 1290. The van der Waals surface area contributed by atoms with Crippen molar-refractivity contribution >= 4 is 35.3 Å². The van der Waals surface area contributed by atoms with Crippen LogP contribution in [0.5, 0.6) is 0 Å². The van der Waals surface area contributed by atoms with E-state index in [1.165, 1.54) is 11.0 Å². The molecular formula is C23H18ClN7O2. The van der Waals surface area contributed by atoms with E-state index in [4.69, 9.17) is 11.6 Å². The predicted octanol–water partition coefficient (Wildman–Crippen LogP) is 3.40. The minimum absolute atomic E-state index is 0.131. The van der Waals surface area contributed by atoms with Crippen LogP contribution in [0.15, 0.2) is 84.0 Å². The van der Waals surface area contributed by atoms with Gasteiger partial charge in [0.05, 0.1) is 6.21 Å². The lowest BCUT2D eigenvalue weighted by Gasteiger charge is -2.06. The minimum atomic E-state index is -0.407. The zero-order chi connectivity index (χ0) is 23.0. The average molecular weight is 460 g/mol. The molecule has 0 atom stereocenters. The fraction of sp³-hybridized carbons (Fsp3) is 0.0435. The molecule has 164 valence electrons. The van der Waals surface area contributed by atoms with Crippen LogP contribution in [0.2, 0.25) is 5.02 Å². The van der Waals surface area contributed by atoms with Crippen molar-refractivity contribution in [3.63, 3.8) is 0 Å². The molecule has 0 radical (unpaired) electrons. The van der Waals surface area contributed by atoms with Gasteiger partial charge in [-0.3, -0.25) is 9.59 Å². The largest absolute Gasteiger partial charge is 0.322 e. The first-order valence-electron chi connectivity index (χ1n) is 9.89. The lowest BCUT2D eigenvalue weighted by atomic mass is 10.2. The van der Waals surface area contributed by atoms with Crippen molar-refractivity contribution in [3.8, 4) is 11.4 Å². The van der Waals surface area contributed by atoms with Crippen LogP contribution in [-0.4, -0.2) is 38.2 Å². The summed E-state index contributed by atoms with van der Waals surface area (Å²) in [7, 11) is 0. The molecule has 0 saturated carbocycles. The highest BCUT2D eigenvalue weighted by atomic mass is 35.5. The van der Waals surface area contributed by atoms with E-state index < -0.39 is 5.91 Å². The monoisotopic (exact) mass is 459 g/mol. The first kappa shape index (κ1) is 21.8. The second-order valence-corrected chi connectivity index (χ2v) is 7.33. The molecular weight excluding hydrogens is 442 g/mol. The number of hydrogen-bond donors (Lipinski definition) is 2. The molecule has 0 fully saturated rings. The van der Waals surface area contributed by atoms with Crippen LogP contribution in [0, 0.1) is 0 Å². The average Bonchev–Trinajstić information content (AvgIpc) is 3.29. The summed E-state index contributed by atoms with van der Waals surface area (Å²) in [6.45, 7) is -0.131. The second kappa shape index (κ2) is 10.3. The summed E-state index contributed by atoms with van der Waals surface area (Å²) in [5.74, 6) is -0.232. The lowest BCUT2D eigenvalue weighted by molar-refractivity contribution is -0.122. The van der Waals surface area contributed by atoms with Gasteiger partial charge in [0.1, 0.15) is 6.54 Å². The molecule has 0 aliphatic heterocycles. The molecule has 4 aromatic rings. The normalized spacial score (nSPS) is 10.8. The third kappa shape index (κ3) is 6.08. The van der Waals surface area contributed by atoms with Gasteiger partial charge < -0.3 is 5.32 Å². The minimum Gasteiger partial charge on any atom is -0.322 e. The molecule has 0 bridgehead atoms. The van der Waals surface area contributed by atoms with Crippen molar-refractivity contribution in [3.05, 3.63) is 95.0 Å². The Morgan fingerprint density at radius 1 is 1.00 bits per heavy atom. The molecule has 2 N–H and O–H groups in total. The first-order chi connectivity index (χ1) is 16.1. The summed E-state index contributed by atoms with van der Waals surface area (Å²) >= 11 is 5.85. The van der Waals surface area contributed by atoms with Gasteiger partial charge in [-0.25, -0.2) is 5.43 Å². The van der Waals surface area contributed by atoms with Crippen LogP contribution >= 0.6 is 11.6 Å². The number of nitrogens with zero attached hydrogens (tertiary/aromatic N) is 5. The van der Waals surface area contributed by atoms with Gasteiger partial charge in [0.25, 0.3) is 11.8 Å². The van der Waals surface area contributed by atoms with Crippen molar-refractivity contribution in [2.75, 3.05) is 5.32 Å². The number of anilines is 1. The van der Waals surface area contributed by atoms with E-state index in [1.54, 1.807) is 48.5 Å². The summed E-state index contributed by atoms with van der Waals surface area (Å²) in [6.07, 6.45) is 1.47. The van der Waals surface area contributed by atoms with E-state index in [2.05, 4.69) is 31.3 Å². The third-order valence-electron chi connectivity index (χ3n) is 4.42. The van der Waals surface area contributed by atoms with Gasteiger partial charge in [-0.15, -0.1) is 10.2 Å². The van der Waals surface area contributed by atoms with Crippen LogP contribution in [0.4, 0.5) is 5.69 Å². The van der Waals surface area contributed by atoms with Gasteiger partial charge in [0.15, 0.2) is 0 Å². The smallest absolute Gasteiger partial charge is 0.263 e. The number of carbonyl (C=O) groups is 2. The Labute approximate surface area is 194 Å². The van der Waals surface area contributed by atoms with Crippen molar-refractivity contribution in [1.82, 2.24) is 25.6 Å². The van der Waals surface area contributed by atoms with E-state index in [0.29, 0.717) is 27.7 Å². The Morgan fingerprint density at radius 2 is 1.79 bits per heavy atom. The maximum absolute atomic E-state index is 12.3. The number of rotatable bonds is 7. The van der Waals surface area contributed by atoms with Crippen LogP contribution in [0.3, 0.4) is 0 Å². The number of aromatic nitrogens is 4. The molecule has 10 heteroatoms. The summed E-state index contributed by atoms with van der Waals surface area (Å²) in [5, 5.41) is 19.3. The van der Waals surface area contributed by atoms with Gasteiger partial charge in [0, 0.05) is 21.8 Å². The molecule has 0 aliphatic carbocycles. The maximum atomic E-state index is 12.3. The maximum Gasteiger partial charge on any atom is 0.263 e. The van der Waals surface area contributed by atoms with Crippen LogP contribution in [0.25, 0.3) is 11.4 Å². The fourth-order valence-corrected chi connectivity index (χ4v) is 2.98. The van der Waals surface area contributed by atoms with Crippen LogP contribution in [-0.2, 0) is 11.3 Å². The topological polar surface area (TPSA) is 114 Å². The molecule has 3 aromatic carbocycles. The summed E-state index contributed by atoms with van der Waals surface area (Å²) in [5.41, 5.74) is 5.00. The second-order valence-electron chi connectivity index (χ2n) is 6.89. The highest BCUT2D eigenvalue weighted by Gasteiger charge is 2.09. The number of nitrogens with one attached hydrogen (secondary N) is 2. The Hall–Kier alpha value is -4.37. The molecule has 2 amide bonds. The van der Waals surface area contributed by atoms with E-state index in [-0.39, 0.29) is 12.5 Å². The van der Waals surface area contributed by atoms with Crippen molar-refractivity contribution in [2.24, 2.45) is 5.10 Å². The molecule has 0 unspecified atom stereocenters. The molecule has 33 heavy (non-hydrogen) atoms. The molecule has 4 rings (SSSR count). The van der Waals surface area contributed by atoms with Gasteiger partial charge in [-0.2, -0.15) is 9.90 Å².